The van der Waals surface area contributed by atoms with E-state index in [0.717, 1.165) is 12.1 Å². The zero-order valence-corrected chi connectivity index (χ0v) is 8.41. The van der Waals surface area contributed by atoms with Crippen LogP contribution in [0.5, 0.6) is 5.75 Å². The van der Waals surface area contributed by atoms with Crippen LogP contribution in [-0.4, -0.2) is 12.5 Å². The number of allylic oxidation sites excluding steroid dienone is 1. The Labute approximate surface area is 94.7 Å². The highest BCUT2D eigenvalue weighted by molar-refractivity contribution is 5.52. The van der Waals surface area contributed by atoms with E-state index in [1.807, 2.05) is 0 Å². The lowest BCUT2D eigenvalue weighted by Gasteiger charge is -2.16. The first-order valence-electron chi connectivity index (χ1n) is 4.47. The van der Waals surface area contributed by atoms with Crippen LogP contribution in [0.2, 0.25) is 0 Å². The maximum atomic E-state index is 12.5. The van der Waals surface area contributed by atoms with Crippen molar-refractivity contribution in [1.82, 2.24) is 0 Å². The number of alkyl halides is 4. The molecule has 0 amide bonds. The van der Waals surface area contributed by atoms with Gasteiger partial charge in [-0.2, -0.15) is 22.8 Å². The summed E-state index contributed by atoms with van der Waals surface area (Å²) >= 11 is 0. The summed E-state index contributed by atoms with van der Waals surface area (Å²) in [6, 6.07) is 6.72. The van der Waals surface area contributed by atoms with Gasteiger partial charge in [0.2, 0.25) is 0 Å². The summed E-state index contributed by atoms with van der Waals surface area (Å²) in [4.78, 5) is 0. The van der Waals surface area contributed by atoms with Crippen LogP contribution >= 0.6 is 0 Å². The molecule has 0 spiro atoms. The molecule has 2 nitrogen and oxygen atoms in total. The van der Waals surface area contributed by atoms with E-state index in [2.05, 4.69) is 4.74 Å². The minimum atomic E-state index is -4.51. The van der Waals surface area contributed by atoms with E-state index in [9.17, 15) is 17.6 Å². The first-order valence-corrected chi connectivity index (χ1v) is 4.47. The lowest BCUT2D eigenvalue weighted by molar-refractivity contribution is -0.253. The molecule has 0 aliphatic rings. The van der Waals surface area contributed by atoms with Crippen LogP contribution in [0.25, 0.3) is 6.08 Å². The van der Waals surface area contributed by atoms with Gasteiger partial charge in [-0.3, -0.25) is 0 Å². The molecule has 1 aromatic rings. The van der Waals surface area contributed by atoms with Crippen molar-refractivity contribution in [1.29, 1.82) is 5.26 Å². The maximum Gasteiger partial charge on any atom is 0.461 e. The average molecular weight is 245 g/mol. The molecule has 0 atom stereocenters. The molecule has 0 saturated carbocycles. The molecular weight excluding hydrogens is 238 g/mol. The standard InChI is InChI=1S/C11H7F4NO/c12-10(13)11(14,15)17-9-5-3-8(4-6-9)2-1-7-16/h1-6,10H/b2-1+. The number of ether oxygens (including phenoxy) is 1. The molecule has 0 aliphatic carbocycles. The van der Waals surface area contributed by atoms with Crippen LogP contribution in [0.3, 0.4) is 0 Å². The maximum absolute atomic E-state index is 12.5. The van der Waals surface area contributed by atoms with E-state index in [-0.39, 0.29) is 5.75 Å². The molecule has 1 aromatic carbocycles. The molecule has 0 unspecified atom stereocenters. The largest absolute Gasteiger partial charge is 0.461 e. The van der Waals surface area contributed by atoms with Gasteiger partial charge in [0, 0.05) is 6.08 Å². The van der Waals surface area contributed by atoms with Crippen molar-refractivity contribution in [3.8, 4) is 11.8 Å². The lowest BCUT2D eigenvalue weighted by Crippen LogP contribution is -2.33. The Hall–Kier alpha value is -2.03. The zero-order valence-electron chi connectivity index (χ0n) is 8.41. The second kappa shape index (κ2) is 5.34. The molecule has 90 valence electrons. The first kappa shape index (κ1) is 13.0. The van der Waals surface area contributed by atoms with Gasteiger partial charge in [-0.15, -0.1) is 0 Å². The average Bonchev–Trinajstić information content (AvgIpc) is 2.27. The van der Waals surface area contributed by atoms with Gasteiger partial charge in [0.15, 0.2) is 0 Å². The third kappa shape index (κ3) is 3.79. The summed E-state index contributed by atoms with van der Waals surface area (Å²) in [5, 5.41) is 8.25. The van der Waals surface area contributed by atoms with Crippen molar-refractivity contribution in [3.05, 3.63) is 35.9 Å². The summed E-state index contributed by atoms with van der Waals surface area (Å²) in [6.45, 7) is 0. The van der Waals surface area contributed by atoms with Gasteiger partial charge in [0.05, 0.1) is 6.07 Å². The molecule has 0 bridgehead atoms. The van der Waals surface area contributed by atoms with Gasteiger partial charge in [-0.1, -0.05) is 12.1 Å². The second-order valence-electron chi connectivity index (χ2n) is 3.00. The summed E-state index contributed by atoms with van der Waals surface area (Å²) in [5.41, 5.74) is 0.569. The smallest absolute Gasteiger partial charge is 0.428 e. The normalized spacial score (nSPS) is 11.8. The SMILES string of the molecule is N#C/C=C/c1ccc(OC(F)(F)C(F)F)cc1. The predicted molar refractivity (Wildman–Crippen MR) is 52.7 cm³/mol. The number of hydrogen-bond donors (Lipinski definition) is 0. The van der Waals surface area contributed by atoms with Crippen molar-refractivity contribution in [3.63, 3.8) is 0 Å². The first-order chi connectivity index (χ1) is 7.95. The number of halogens is 4. The monoisotopic (exact) mass is 245 g/mol. The topological polar surface area (TPSA) is 33.0 Å². The Balaban J connectivity index is 2.76. The molecule has 0 N–H and O–H groups in total. The fraction of sp³-hybridized carbons (Fsp3) is 0.182. The Morgan fingerprint density at radius 2 is 1.82 bits per heavy atom. The van der Waals surface area contributed by atoms with Gasteiger partial charge in [0.1, 0.15) is 5.75 Å². The fourth-order valence-electron chi connectivity index (χ4n) is 0.982. The van der Waals surface area contributed by atoms with Crippen molar-refractivity contribution in [2.75, 3.05) is 0 Å². The Kier molecular flexibility index (Phi) is 4.10. The second-order valence-corrected chi connectivity index (χ2v) is 3.00. The molecule has 0 fully saturated rings. The van der Waals surface area contributed by atoms with E-state index in [1.165, 1.54) is 24.3 Å². The Bertz CT molecular complexity index is 434. The Morgan fingerprint density at radius 3 is 2.29 bits per heavy atom. The minimum absolute atomic E-state index is 0.371. The van der Waals surface area contributed by atoms with Crippen molar-refractivity contribution >= 4 is 6.08 Å². The third-order valence-electron chi connectivity index (χ3n) is 1.74. The molecule has 0 saturated heterocycles. The van der Waals surface area contributed by atoms with Gasteiger partial charge in [0.25, 0.3) is 0 Å². The molecule has 6 heteroatoms. The fourth-order valence-corrected chi connectivity index (χ4v) is 0.982. The van der Waals surface area contributed by atoms with Crippen LogP contribution in [0.1, 0.15) is 5.56 Å². The van der Waals surface area contributed by atoms with Gasteiger partial charge >= 0.3 is 12.5 Å². The van der Waals surface area contributed by atoms with E-state index in [0.29, 0.717) is 5.56 Å². The molecule has 0 aliphatic heterocycles. The number of nitriles is 1. The molecular formula is C11H7F4NO. The van der Waals surface area contributed by atoms with Crippen LogP contribution < -0.4 is 4.74 Å². The zero-order chi connectivity index (χ0) is 12.9. The highest BCUT2D eigenvalue weighted by atomic mass is 19.3. The van der Waals surface area contributed by atoms with E-state index < -0.39 is 12.5 Å². The molecule has 0 aromatic heterocycles. The highest BCUT2D eigenvalue weighted by Gasteiger charge is 2.43. The van der Waals surface area contributed by atoms with E-state index in [1.54, 1.807) is 6.07 Å². The van der Waals surface area contributed by atoms with Crippen LogP contribution in [0.4, 0.5) is 17.6 Å². The predicted octanol–water partition coefficient (Wildman–Crippen LogP) is 3.46. The Morgan fingerprint density at radius 1 is 1.24 bits per heavy atom. The highest BCUT2D eigenvalue weighted by Crippen LogP contribution is 2.27. The summed E-state index contributed by atoms with van der Waals surface area (Å²) < 4.78 is 52.5. The van der Waals surface area contributed by atoms with E-state index in [4.69, 9.17) is 5.26 Å². The van der Waals surface area contributed by atoms with Gasteiger partial charge in [-0.05, 0) is 23.8 Å². The molecule has 0 radical (unpaired) electrons. The van der Waals surface area contributed by atoms with Crippen molar-refractivity contribution < 1.29 is 22.3 Å². The van der Waals surface area contributed by atoms with Crippen molar-refractivity contribution in [2.45, 2.75) is 12.5 Å². The van der Waals surface area contributed by atoms with Crippen molar-refractivity contribution in [2.24, 2.45) is 0 Å². The number of hydrogen-bond acceptors (Lipinski definition) is 2. The number of benzene rings is 1. The van der Waals surface area contributed by atoms with Gasteiger partial charge < -0.3 is 4.74 Å². The van der Waals surface area contributed by atoms with Crippen LogP contribution in [0.15, 0.2) is 30.3 Å². The summed E-state index contributed by atoms with van der Waals surface area (Å²) in [7, 11) is 0. The quantitative estimate of drug-likeness (QED) is 0.601. The number of nitrogens with zero attached hydrogens (tertiary/aromatic N) is 1. The summed E-state index contributed by atoms with van der Waals surface area (Å²) in [5.74, 6) is -0.371. The minimum Gasteiger partial charge on any atom is -0.428 e. The third-order valence-corrected chi connectivity index (χ3v) is 1.74. The summed E-state index contributed by atoms with van der Waals surface area (Å²) in [6.07, 6.45) is -5.76. The van der Waals surface area contributed by atoms with Crippen LogP contribution in [-0.2, 0) is 0 Å². The number of rotatable bonds is 4. The van der Waals surface area contributed by atoms with Crippen LogP contribution in [0, 0.1) is 11.3 Å². The lowest BCUT2D eigenvalue weighted by atomic mass is 10.2. The van der Waals surface area contributed by atoms with Gasteiger partial charge in [-0.25, -0.2) is 0 Å². The molecule has 1 rings (SSSR count). The molecule has 0 heterocycles. The molecule has 17 heavy (non-hydrogen) atoms. The van der Waals surface area contributed by atoms with E-state index >= 15 is 0 Å².